The van der Waals surface area contributed by atoms with E-state index in [1.54, 1.807) is 18.4 Å². The Morgan fingerprint density at radius 3 is 2.70 bits per heavy atom. The van der Waals surface area contributed by atoms with Gasteiger partial charge >= 0.3 is 0 Å². The largest absolute Gasteiger partial charge is 0.377 e. The van der Waals surface area contributed by atoms with E-state index in [4.69, 9.17) is 0 Å². The quantitative estimate of drug-likeness (QED) is 0.873. The van der Waals surface area contributed by atoms with Gasteiger partial charge in [0.05, 0.1) is 6.04 Å². The second-order valence-corrected chi connectivity index (χ2v) is 5.71. The highest BCUT2D eigenvalue weighted by molar-refractivity contribution is 7.10. The summed E-state index contributed by atoms with van der Waals surface area (Å²) >= 11 is 1.77. The second kappa shape index (κ2) is 6.57. The molecule has 0 aliphatic carbocycles. The maximum Gasteiger partial charge on any atom is 0.251 e. The minimum absolute atomic E-state index is 0.0510. The van der Waals surface area contributed by atoms with Gasteiger partial charge in [0, 0.05) is 23.2 Å². The third kappa shape index (κ3) is 3.20. The molecule has 0 aliphatic rings. The number of aryl methyl sites for hydroxylation is 1. The van der Waals surface area contributed by atoms with Crippen molar-refractivity contribution in [2.75, 3.05) is 12.4 Å². The van der Waals surface area contributed by atoms with Crippen molar-refractivity contribution in [2.45, 2.75) is 26.3 Å². The highest BCUT2D eigenvalue weighted by Crippen LogP contribution is 2.28. The van der Waals surface area contributed by atoms with Crippen LogP contribution in [0.2, 0.25) is 0 Å². The van der Waals surface area contributed by atoms with E-state index >= 15 is 0 Å². The van der Waals surface area contributed by atoms with Crippen LogP contribution in [0.25, 0.3) is 0 Å². The van der Waals surface area contributed by atoms with Crippen LogP contribution in [0.4, 0.5) is 5.69 Å². The summed E-state index contributed by atoms with van der Waals surface area (Å²) in [5, 5.41) is 8.31. The van der Waals surface area contributed by atoms with Crippen LogP contribution in [-0.2, 0) is 0 Å². The van der Waals surface area contributed by atoms with Crippen molar-refractivity contribution < 1.29 is 4.79 Å². The lowest BCUT2D eigenvalue weighted by atomic mass is 10.1. The van der Waals surface area contributed by atoms with Gasteiger partial charge in [0.1, 0.15) is 0 Å². The van der Waals surface area contributed by atoms with Crippen molar-refractivity contribution in [2.24, 2.45) is 0 Å². The van der Waals surface area contributed by atoms with Crippen molar-refractivity contribution in [3.8, 4) is 0 Å². The molecule has 3 nitrogen and oxygen atoms in total. The normalized spacial score (nSPS) is 11.9. The van der Waals surface area contributed by atoms with Crippen molar-refractivity contribution >= 4 is 22.9 Å². The number of thiophene rings is 1. The number of nitrogens with one attached hydrogen (secondary N) is 2. The van der Waals surface area contributed by atoms with E-state index in [1.807, 2.05) is 25.1 Å². The number of carbonyl (C=O) groups is 1. The molecule has 0 spiro atoms. The molecular weight excluding hydrogens is 268 g/mol. The van der Waals surface area contributed by atoms with Gasteiger partial charge in [-0.15, -0.1) is 11.3 Å². The molecule has 0 saturated heterocycles. The van der Waals surface area contributed by atoms with Gasteiger partial charge in [-0.3, -0.25) is 4.79 Å². The van der Waals surface area contributed by atoms with Crippen LogP contribution in [-0.4, -0.2) is 13.0 Å². The molecule has 106 valence electrons. The summed E-state index contributed by atoms with van der Waals surface area (Å²) in [6.45, 7) is 4.20. The van der Waals surface area contributed by atoms with Crippen molar-refractivity contribution in [3.63, 3.8) is 0 Å². The van der Waals surface area contributed by atoms with Gasteiger partial charge < -0.3 is 10.6 Å². The first-order valence-corrected chi connectivity index (χ1v) is 7.66. The molecule has 1 aromatic carbocycles. The van der Waals surface area contributed by atoms with Gasteiger partial charge in [-0.2, -0.15) is 0 Å². The lowest BCUT2D eigenvalue weighted by Crippen LogP contribution is -2.18. The summed E-state index contributed by atoms with van der Waals surface area (Å²) in [7, 11) is 1.65. The topological polar surface area (TPSA) is 41.1 Å². The van der Waals surface area contributed by atoms with E-state index in [9.17, 15) is 4.79 Å². The Morgan fingerprint density at radius 1 is 1.35 bits per heavy atom. The van der Waals surface area contributed by atoms with E-state index in [2.05, 4.69) is 35.1 Å². The fraction of sp³-hybridized carbons (Fsp3) is 0.312. The zero-order chi connectivity index (χ0) is 14.5. The third-order valence-electron chi connectivity index (χ3n) is 3.34. The Balaban J connectivity index is 2.19. The number of hydrogen-bond acceptors (Lipinski definition) is 3. The van der Waals surface area contributed by atoms with E-state index in [-0.39, 0.29) is 5.91 Å². The fourth-order valence-corrected chi connectivity index (χ4v) is 3.02. The molecule has 1 atom stereocenters. The summed E-state index contributed by atoms with van der Waals surface area (Å²) in [4.78, 5) is 12.9. The predicted octanol–water partition coefficient (Wildman–Crippen LogP) is 3.98. The Labute approximate surface area is 124 Å². The van der Waals surface area contributed by atoms with Crippen LogP contribution in [0.5, 0.6) is 0 Å². The van der Waals surface area contributed by atoms with Gasteiger partial charge in [-0.05, 0) is 48.6 Å². The number of hydrogen-bond donors (Lipinski definition) is 2. The first-order valence-electron chi connectivity index (χ1n) is 6.78. The van der Waals surface area contributed by atoms with Gasteiger partial charge in [-0.1, -0.05) is 13.0 Å². The summed E-state index contributed by atoms with van der Waals surface area (Å²) < 4.78 is 0. The lowest BCUT2D eigenvalue weighted by molar-refractivity contribution is 0.0963. The van der Waals surface area contributed by atoms with E-state index in [0.717, 1.165) is 17.7 Å². The van der Waals surface area contributed by atoms with Gasteiger partial charge in [0.2, 0.25) is 0 Å². The summed E-state index contributed by atoms with van der Waals surface area (Å²) in [5.74, 6) is -0.0510. The Bertz CT molecular complexity index is 578. The molecule has 0 aliphatic heterocycles. The van der Waals surface area contributed by atoms with Crippen molar-refractivity contribution in [3.05, 3.63) is 51.7 Å². The smallest absolute Gasteiger partial charge is 0.251 e. The molecule has 0 fully saturated rings. The minimum atomic E-state index is -0.0510. The molecule has 0 bridgehead atoms. The maximum absolute atomic E-state index is 11.6. The Morgan fingerprint density at radius 2 is 2.15 bits per heavy atom. The Kier molecular flexibility index (Phi) is 4.79. The van der Waals surface area contributed by atoms with E-state index in [0.29, 0.717) is 11.6 Å². The van der Waals surface area contributed by atoms with Crippen LogP contribution in [0.3, 0.4) is 0 Å². The average Bonchev–Trinajstić information content (AvgIpc) is 2.99. The molecule has 20 heavy (non-hydrogen) atoms. The monoisotopic (exact) mass is 288 g/mol. The van der Waals surface area contributed by atoms with Crippen LogP contribution in [0.15, 0.2) is 35.7 Å². The van der Waals surface area contributed by atoms with Crippen molar-refractivity contribution in [1.29, 1.82) is 0 Å². The number of anilines is 1. The average molecular weight is 288 g/mol. The van der Waals surface area contributed by atoms with Crippen LogP contribution in [0, 0.1) is 6.92 Å². The van der Waals surface area contributed by atoms with Crippen LogP contribution >= 0.6 is 11.3 Å². The minimum Gasteiger partial charge on any atom is -0.377 e. The highest BCUT2D eigenvalue weighted by Gasteiger charge is 2.12. The zero-order valence-electron chi connectivity index (χ0n) is 12.1. The third-order valence-corrected chi connectivity index (χ3v) is 4.33. The first kappa shape index (κ1) is 14.6. The molecule has 1 unspecified atom stereocenters. The lowest BCUT2D eigenvalue weighted by Gasteiger charge is -2.19. The maximum atomic E-state index is 11.6. The molecule has 0 radical (unpaired) electrons. The summed E-state index contributed by atoms with van der Waals surface area (Å²) in [5.41, 5.74) is 2.86. The fourth-order valence-electron chi connectivity index (χ4n) is 2.16. The van der Waals surface area contributed by atoms with E-state index < -0.39 is 0 Å². The number of carbonyl (C=O) groups excluding carboxylic acids is 1. The van der Waals surface area contributed by atoms with E-state index in [1.165, 1.54) is 4.88 Å². The summed E-state index contributed by atoms with van der Waals surface area (Å²) in [6.07, 6.45) is 1.02. The Hall–Kier alpha value is -1.81. The van der Waals surface area contributed by atoms with Gasteiger partial charge in [0.25, 0.3) is 5.91 Å². The molecule has 2 rings (SSSR count). The summed E-state index contributed by atoms with van der Waals surface area (Å²) in [6, 6.07) is 10.3. The molecule has 1 aromatic heterocycles. The highest BCUT2D eigenvalue weighted by atomic mass is 32.1. The molecule has 4 heteroatoms. The molecule has 1 heterocycles. The van der Waals surface area contributed by atoms with Gasteiger partial charge in [0.15, 0.2) is 0 Å². The second-order valence-electron chi connectivity index (χ2n) is 4.73. The molecule has 2 aromatic rings. The predicted molar refractivity (Wildman–Crippen MR) is 85.5 cm³/mol. The number of rotatable bonds is 5. The molecule has 0 saturated carbocycles. The van der Waals surface area contributed by atoms with Crippen molar-refractivity contribution in [1.82, 2.24) is 5.32 Å². The zero-order valence-corrected chi connectivity index (χ0v) is 12.9. The number of benzene rings is 1. The van der Waals surface area contributed by atoms with Crippen LogP contribution < -0.4 is 10.6 Å². The molecular formula is C16H20N2OS. The van der Waals surface area contributed by atoms with Gasteiger partial charge in [-0.25, -0.2) is 0 Å². The standard InChI is InChI=1S/C16H20N2OS/c1-4-13(15-6-5-9-20-15)18-14-8-7-12(10-11(14)2)16(19)17-3/h5-10,13,18H,4H2,1-3H3,(H,17,19). The molecule has 2 N–H and O–H groups in total. The van der Waals surface area contributed by atoms with Crippen LogP contribution in [0.1, 0.15) is 40.2 Å². The first-order chi connectivity index (χ1) is 9.65. The number of amides is 1. The SMILES string of the molecule is CCC(Nc1ccc(C(=O)NC)cc1C)c1cccs1. The molecule has 1 amide bonds.